The van der Waals surface area contributed by atoms with Gasteiger partial charge < -0.3 is 20.5 Å². The first-order chi connectivity index (χ1) is 10.6. The van der Waals surface area contributed by atoms with Gasteiger partial charge in [0.15, 0.2) is 0 Å². The number of nitrogens with two attached hydrogens (primary N) is 1. The number of aromatic nitrogens is 1. The number of carbonyl (C=O) groups is 2. The minimum absolute atomic E-state index is 0.0176. The molecule has 114 valence electrons. The lowest BCUT2D eigenvalue weighted by atomic mass is 10.1. The van der Waals surface area contributed by atoms with E-state index in [1.807, 2.05) is 30.2 Å². The number of rotatable bonds is 2. The van der Waals surface area contributed by atoms with Crippen LogP contribution in [0.1, 0.15) is 29.0 Å². The van der Waals surface area contributed by atoms with Crippen LogP contribution in [0, 0.1) is 0 Å². The molecular formula is C16H18N4O2. The summed E-state index contributed by atoms with van der Waals surface area (Å²) in [5.41, 5.74) is 7.30. The highest BCUT2D eigenvalue weighted by atomic mass is 16.2. The predicted octanol–water partition coefficient (Wildman–Crippen LogP) is 2.20. The standard InChI is InChI=1S/C16H18N4O2/c1-11-14-6-3-7-19(14)8-9-20(11)15(21)12-4-2-5-13(10-12)18-16(17)22/h2-7,10-11H,8-9H2,1H3,(H3,17,18,22)/t11-/m1/s1. The highest BCUT2D eigenvalue weighted by molar-refractivity contribution is 5.97. The van der Waals surface area contributed by atoms with Crippen molar-refractivity contribution < 1.29 is 9.59 Å². The van der Waals surface area contributed by atoms with Gasteiger partial charge in [-0.15, -0.1) is 0 Å². The van der Waals surface area contributed by atoms with Gasteiger partial charge in [0.2, 0.25) is 0 Å². The van der Waals surface area contributed by atoms with Crippen LogP contribution in [-0.2, 0) is 6.54 Å². The molecule has 0 aliphatic carbocycles. The number of urea groups is 1. The molecule has 0 unspecified atom stereocenters. The van der Waals surface area contributed by atoms with E-state index in [9.17, 15) is 9.59 Å². The van der Waals surface area contributed by atoms with E-state index in [2.05, 4.69) is 9.88 Å². The van der Waals surface area contributed by atoms with Crippen LogP contribution in [-0.4, -0.2) is 28.0 Å². The molecule has 2 aromatic rings. The second-order valence-corrected chi connectivity index (χ2v) is 5.37. The molecule has 1 aliphatic heterocycles. The van der Waals surface area contributed by atoms with E-state index in [1.54, 1.807) is 24.3 Å². The Balaban J connectivity index is 1.84. The fraction of sp³-hybridized carbons (Fsp3) is 0.250. The first-order valence-corrected chi connectivity index (χ1v) is 7.19. The van der Waals surface area contributed by atoms with Gasteiger partial charge in [-0.05, 0) is 37.3 Å². The fourth-order valence-corrected chi connectivity index (χ4v) is 2.89. The zero-order valence-electron chi connectivity index (χ0n) is 12.3. The van der Waals surface area contributed by atoms with E-state index in [-0.39, 0.29) is 11.9 Å². The summed E-state index contributed by atoms with van der Waals surface area (Å²) >= 11 is 0. The topological polar surface area (TPSA) is 80.4 Å². The lowest BCUT2D eigenvalue weighted by molar-refractivity contribution is 0.0644. The molecule has 6 heteroatoms. The molecule has 2 heterocycles. The van der Waals surface area contributed by atoms with Gasteiger partial charge in [0.1, 0.15) is 0 Å². The Morgan fingerprint density at radius 2 is 2.05 bits per heavy atom. The molecule has 1 aromatic heterocycles. The molecule has 3 amide bonds. The van der Waals surface area contributed by atoms with Crippen molar-refractivity contribution in [1.82, 2.24) is 9.47 Å². The molecule has 1 aliphatic rings. The van der Waals surface area contributed by atoms with Gasteiger partial charge in [0, 0.05) is 36.2 Å². The van der Waals surface area contributed by atoms with Crippen LogP contribution in [0.4, 0.5) is 10.5 Å². The average Bonchev–Trinajstić information content (AvgIpc) is 2.96. The number of nitrogens with zero attached hydrogens (tertiary/aromatic N) is 2. The fourth-order valence-electron chi connectivity index (χ4n) is 2.89. The number of amides is 3. The predicted molar refractivity (Wildman–Crippen MR) is 83.5 cm³/mol. The number of benzene rings is 1. The minimum atomic E-state index is -0.645. The van der Waals surface area contributed by atoms with Crippen molar-refractivity contribution in [2.75, 3.05) is 11.9 Å². The minimum Gasteiger partial charge on any atom is -0.351 e. The summed E-state index contributed by atoms with van der Waals surface area (Å²) in [5, 5.41) is 2.49. The third-order valence-electron chi connectivity index (χ3n) is 3.98. The van der Waals surface area contributed by atoms with Crippen LogP contribution < -0.4 is 11.1 Å². The lowest BCUT2D eigenvalue weighted by Gasteiger charge is -2.35. The van der Waals surface area contributed by atoms with E-state index in [1.165, 1.54) is 0 Å². The van der Waals surface area contributed by atoms with E-state index in [0.717, 1.165) is 12.2 Å². The van der Waals surface area contributed by atoms with Gasteiger partial charge in [-0.25, -0.2) is 4.79 Å². The SMILES string of the molecule is C[C@@H]1c2cccn2CCN1C(=O)c1cccc(NC(N)=O)c1. The van der Waals surface area contributed by atoms with Crippen LogP contribution in [0.5, 0.6) is 0 Å². The Morgan fingerprint density at radius 3 is 2.82 bits per heavy atom. The normalized spacial score (nSPS) is 17.0. The number of nitrogens with one attached hydrogen (secondary N) is 1. The van der Waals surface area contributed by atoms with Gasteiger partial charge >= 0.3 is 6.03 Å². The van der Waals surface area contributed by atoms with Gasteiger partial charge in [0.25, 0.3) is 5.91 Å². The smallest absolute Gasteiger partial charge is 0.316 e. The van der Waals surface area contributed by atoms with Crippen molar-refractivity contribution in [3.8, 4) is 0 Å². The average molecular weight is 298 g/mol. The quantitative estimate of drug-likeness (QED) is 0.891. The van der Waals surface area contributed by atoms with Crippen molar-refractivity contribution in [1.29, 1.82) is 0 Å². The maximum absolute atomic E-state index is 12.8. The van der Waals surface area contributed by atoms with Gasteiger partial charge in [-0.3, -0.25) is 4.79 Å². The lowest BCUT2D eigenvalue weighted by Crippen LogP contribution is -2.40. The zero-order valence-corrected chi connectivity index (χ0v) is 12.3. The van der Waals surface area contributed by atoms with Crippen molar-refractivity contribution in [2.24, 2.45) is 5.73 Å². The Hall–Kier alpha value is -2.76. The molecule has 1 atom stereocenters. The largest absolute Gasteiger partial charge is 0.351 e. The van der Waals surface area contributed by atoms with Crippen LogP contribution in [0.25, 0.3) is 0 Å². The number of hydrogen-bond donors (Lipinski definition) is 2. The van der Waals surface area contributed by atoms with Crippen molar-refractivity contribution >= 4 is 17.6 Å². The van der Waals surface area contributed by atoms with Crippen molar-refractivity contribution in [2.45, 2.75) is 19.5 Å². The molecule has 6 nitrogen and oxygen atoms in total. The molecule has 3 rings (SSSR count). The summed E-state index contributed by atoms with van der Waals surface area (Å²) in [4.78, 5) is 25.5. The third-order valence-corrected chi connectivity index (χ3v) is 3.98. The maximum atomic E-state index is 12.8. The second-order valence-electron chi connectivity index (χ2n) is 5.37. The number of fused-ring (bicyclic) bond motifs is 1. The highest BCUT2D eigenvalue weighted by Gasteiger charge is 2.28. The van der Waals surface area contributed by atoms with Crippen LogP contribution >= 0.6 is 0 Å². The van der Waals surface area contributed by atoms with Gasteiger partial charge in [-0.2, -0.15) is 0 Å². The molecule has 0 fully saturated rings. The summed E-state index contributed by atoms with van der Waals surface area (Å²) in [5.74, 6) is -0.0481. The van der Waals surface area contributed by atoms with Gasteiger partial charge in [-0.1, -0.05) is 6.07 Å². The summed E-state index contributed by atoms with van der Waals surface area (Å²) in [7, 11) is 0. The number of primary amides is 1. The van der Waals surface area contributed by atoms with E-state index in [0.29, 0.717) is 17.8 Å². The third kappa shape index (κ3) is 2.55. The highest BCUT2D eigenvalue weighted by Crippen LogP contribution is 2.27. The molecule has 0 spiro atoms. The Labute approximate surface area is 128 Å². The monoisotopic (exact) mass is 298 g/mol. The van der Waals surface area contributed by atoms with Crippen LogP contribution in [0.2, 0.25) is 0 Å². The number of carbonyl (C=O) groups excluding carboxylic acids is 2. The molecule has 22 heavy (non-hydrogen) atoms. The van der Waals surface area contributed by atoms with Gasteiger partial charge in [0.05, 0.1) is 6.04 Å². The van der Waals surface area contributed by atoms with Crippen molar-refractivity contribution in [3.63, 3.8) is 0 Å². The molecule has 0 radical (unpaired) electrons. The number of hydrogen-bond acceptors (Lipinski definition) is 2. The molecule has 0 bridgehead atoms. The molecular weight excluding hydrogens is 280 g/mol. The summed E-state index contributed by atoms with van der Waals surface area (Å²) in [6, 6.07) is 10.2. The molecule has 0 saturated carbocycles. The van der Waals surface area contributed by atoms with E-state index >= 15 is 0 Å². The van der Waals surface area contributed by atoms with Crippen molar-refractivity contribution in [3.05, 3.63) is 53.9 Å². The molecule has 3 N–H and O–H groups in total. The Morgan fingerprint density at radius 1 is 1.23 bits per heavy atom. The number of anilines is 1. The zero-order chi connectivity index (χ0) is 15.7. The summed E-state index contributed by atoms with van der Waals surface area (Å²) < 4.78 is 2.17. The Bertz CT molecular complexity index is 722. The maximum Gasteiger partial charge on any atom is 0.316 e. The summed E-state index contributed by atoms with van der Waals surface area (Å²) in [6.07, 6.45) is 2.03. The van der Waals surface area contributed by atoms with E-state index in [4.69, 9.17) is 5.73 Å². The first kappa shape index (κ1) is 14.2. The Kier molecular flexibility index (Phi) is 3.58. The van der Waals surface area contributed by atoms with Crippen LogP contribution in [0.3, 0.4) is 0 Å². The van der Waals surface area contributed by atoms with Crippen LogP contribution in [0.15, 0.2) is 42.6 Å². The second kappa shape index (κ2) is 5.55. The van der Waals surface area contributed by atoms with E-state index < -0.39 is 6.03 Å². The molecule has 1 aromatic carbocycles. The first-order valence-electron chi connectivity index (χ1n) is 7.19. The molecule has 0 saturated heterocycles. The summed E-state index contributed by atoms with van der Waals surface area (Å²) in [6.45, 7) is 3.47.